The molecule has 2 aromatic carbocycles. The molecule has 2 aromatic rings. The van der Waals surface area contributed by atoms with Crippen LogP contribution in [-0.2, 0) is 17.5 Å². The number of likely N-dealkylation sites (N-methyl/N-ethyl adjacent to an activating group) is 1. The number of hydrogen-bond donors (Lipinski definition) is 2. The van der Waals surface area contributed by atoms with Crippen molar-refractivity contribution < 1.29 is 22.4 Å². The highest BCUT2D eigenvalue weighted by Gasteiger charge is 2.34. The first-order valence-electron chi connectivity index (χ1n) is 11.1. The Labute approximate surface area is 202 Å². The van der Waals surface area contributed by atoms with Crippen LogP contribution in [0.2, 0.25) is 0 Å². The first kappa shape index (κ1) is 26.4. The number of nitrogens with zero attached hydrogens (tertiary/aromatic N) is 3. The number of hydrogen-bond acceptors (Lipinski definition) is 5. The number of aliphatic imine (C=N–C) groups is 1. The van der Waals surface area contributed by atoms with Crippen LogP contribution >= 0.6 is 0 Å². The van der Waals surface area contributed by atoms with Gasteiger partial charge in [0, 0.05) is 51.7 Å². The maximum atomic E-state index is 14.4. The molecular formula is C25H29F4N5O. The zero-order valence-corrected chi connectivity index (χ0v) is 19.8. The molecule has 3 rings (SSSR count). The third-order valence-electron chi connectivity index (χ3n) is 5.75. The Morgan fingerprint density at radius 3 is 2.49 bits per heavy atom. The molecule has 1 aliphatic heterocycles. The van der Waals surface area contributed by atoms with E-state index < -0.39 is 23.5 Å². The second-order valence-electron chi connectivity index (χ2n) is 8.46. The van der Waals surface area contributed by atoms with Crippen molar-refractivity contribution >= 4 is 29.1 Å². The Bertz CT molecular complexity index is 1090. The number of carbonyl (C=O) groups excluding carboxylic acids is 1. The second kappa shape index (κ2) is 11.5. The average molecular weight is 492 g/mol. The number of halogens is 4. The predicted octanol–water partition coefficient (Wildman–Crippen LogP) is 4.36. The molecular weight excluding hydrogens is 462 g/mol. The molecule has 188 valence electrons. The molecule has 0 aromatic heterocycles. The van der Waals surface area contributed by atoms with Crippen LogP contribution in [0.1, 0.15) is 16.7 Å². The molecule has 1 aliphatic rings. The van der Waals surface area contributed by atoms with Gasteiger partial charge in [-0.25, -0.2) is 4.39 Å². The number of rotatable bonds is 8. The van der Waals surface area contributed by atoms with Crippen molar-refractivity contribution in [1.82, 2.24) is 9.80 Å². The monoisotopic (exact) mass is 491 g/mol. The second-order valence-corrected chi connectivity index (χ2v) is 8.46. The van der Waals surface area contributed by atoms with Crippen molar-refractivity contribution in [3.05, 3.63) is 65.5 Å². The summed E-state index contributed by atoms with van der Waals surface area (Å²) in [4.78, 5) is 20.3. The number of allylic oxidation sites excluding steroid dienone is 1. The molecule has 0 spiro atoms. The number of alkyl halides is 3. The molecule has 2 N–H and O–H groups in total. The maximum Gasteiger partial charge on any atom is 0.416 e. The summed E-state index contributed by atoms with van der Waals surface area (Å²) in [6, 6.07) is 8.14. The van der Waals surface area contributed by atoms with Crippen LogP contribution in [0.5, 0.6) is 0 Å². The summed E-state index contributed by atoms with van der Waals surface area (Å²) >= 11 is 0. The van der Waals surface area contributed by atoms with Crippen LogP contribution in [0.25, 0.3) is 5.57 Å². The van der Waals surface area contributed by atoms with Crippen molar-refractivity contribution in [3.8, 4) is 0 Å². The molecule has 0 unspecified atom stereocenters. The van der Waals surface area contributed by atoms with Gasteiger partial charge in [-0.1, -0.05) is 18.7 Å². The number of nitrogens with one attached hydrogen (secondary N) is 2. The topological polar surface area (TPSA) is 60.0 Å². The van der Waals surface area contributed by atoms with Gasteiger partial charge < -0.3 is 15.5 Å². The lowest BCUT2D eigenvalue weighted by Gasteiger charge is -2.33. The SMILES string of the molecule is C=C(C=NC)c1ccc(NCC(=O)Nc2ccc(CN3CCN(C)CC3)c(C(F)(F)F)c2)c(F)c1. The third kappa shape index (κ3) is 7.37. The lowest BCUT2D eigenvalue weighted by molar-refractivity contribution is -0.138. The first-order valence-corrected chi connectivity index (χ1v) is 11.1. The molecule has 6 nitrogen and oxygen atoms in total. The number of amides is 1. The molecule has 0 radical (unpaired) electrons. The van der Waals surface area contributed by atoms with Gasteiger partial charge in [0.15, 0.2) is 0 Å². The van der Waals surface area contributed by atoms with Crippen LogP contribution in [-0.4, -0.2) is 68.7 Å². The van der Waals surface area contributed by atoms with E-state index in [9.17, 15) is 22.4 Å². The van der Waals surface area contributed by atoms with E-state index in [2.05, 4.69) is 27.1 Å². The molecule has 1 fully saturated rings. The summed E-state index contributed by atoms with van der Waals surface area (Å²) in [5, 5.41) is 5.11. The zero-order valence-electron chi connectivity index (χ0n) is 19.8. The van der Waals surface area contributed by atoms with E-state index in [0.29, 0.717) is 24.2 Å². The number of anilines is 2. The Morgan fingerprint density at radius 1 is 1.14 bits per heavy atom. The smallest absolute Gasteiger partial charge is 0.374 e. The van der Waals surface area contributed by atoms with Gasteiger partial charge >= 0.3 is 6.18 Å². The van der Waals surface area contributed by atoms with E-state index in [-0.39, 0.29) is 30.0 Å². The van der Waals surface area contributed by atoms with Crippen molar-refractivity contribution in [2.24, 2.45) is 4.99 Å². The van der Waals surface area contributed by atoms with Crippen LogP contribution in [0, 0.1) is 5.82 Å². The van der Waals surface area contributed by atoms with Crippen LogP contribution < -0.4 is 10.6 Å². The summed E-state index contributed by atoms with van der Waals surface area (Å²) < 4.78 is 55.5. The lowest BCUT2D eigenvalue weighted by atomic mass is 10.0. The lowest BCUT2D eigenvalue weighted by Crippen LogP contribution is -2.44. The van der Waals surface area contributed by atoms with Crippen LogP contribution in [0.3, 0.4) is 0 Å². The summed E-state index contributed by atoms with van der Waals surface area (Å²) in [6.45, 7) is 6.63. The average Bonchev–Trinajstić information content (AvgIpc) is 2.80. The summed E-state index contributed by atoms with van der Waals surface area (Å²) in [6.07, 6.45) is -3.06. The van der Waals surface area contributed by atoms with E-state index in [4.69, 9.17) is 0 Å². The van der Waals surface area contributed by atoms with Crippen LogP contribution in [0.4, 0.5) is 28.9 Å². The van der Waals surface area contributed by atoms with Gasteiger partial charge in [0.2, 0.25) is 5.91 Å². The van der Waals surface area contributed by atoms with Crippen LogP contribution in [0.15, 0.2) is 48.0 Å². The molecule has 0 aliphatic carbocycles. The molecule has 35 heavy (non-hydrogen) atoms. The molecule has 1 saturated heterocycles. The number of benzene rings is 2. The van der Waals surface area contributed by atoms with Gasteiger partial charge in [-0.3, -0.25) is 14.7 Å². The predicted molar refractivity (Wildman–Crippen MR) is 131 cm³/mol. The highest BCUT2D eigenvalue weighted by atomic mass is 19.4. The van der Waals surface area contributed by atoms with Crippen molar-refractivity contribution in [2.75, 3.05) is 57.5 Å². The molecule has 1 heterocycles. The molecule has 0 saturated carbocycles. The minimum atomic E-state index is -4.56. The van der Waals surface area contributed by atoms with Gasteiger partial charge in [-0.05, 0) is 48.0 Å². The first-order chi connectivity index (χ1) is 16.6. The Hall–Kier alpha value is -3.24. The number of piperazine rings is 1. The molecule has 1 amide bonds. The van der Waals surface area contributed by atoms with Crippen molar-refractivity contribution in [2.45, 2.75) is 12.7 Å². The van der Waals surface area contributed by atoms with Gasteiger partial charge in [0.1, 0.15) is 5.82 Å². The minimum Gasteiger partial charge on any atom is -0.374 e. The fraction of sp³-hybridized carbons (Fsp3) is 0.360. The van der Waals surface area contributed by atoms with Crippen molar-refractivity contribution in [1.29, 1.82) is 0 Å². The normalized spacial score (nSPS) is 15.4. The van der Waals surface area contributed by atoms with Gasteiger partial charge in [0.05, 0.1) is 17.8 Å². The molecule has 0 atom stereocenters. The van der Waals surface area contributed by atoms with Gasteiger partial charge in [-0.15, -0.1) is 0 Å². The van der Waals surface area contributed by atoms with E-state index in [0.717, 1.165) is 19.2 Å². The van der Waals surface area contributed by atoms with E-state index in [1.54, 1.807) is 13.1 Å². The highest BCUT2D eigenvalue weighted by Crippen LogP contribution is 2.34. The standard InChI is InChI=1S/C25H29F4N5O/c1-17(14-30-2)18-5-7-23(22(26)12-18)31-15-24(35)32-20-6-4-19(21(13-20)25(27,28)29)16-34-10-8-33(3)9-11-34/h4-7,12-14,31H,1,8-11,15-16H2,2-3H3,(H,32,35). The highest BCUT2D eigenvalue weighted by molar-refractivity contribution is 6.08. The van der Waals surface area contributed by atoms with E-state index >= 15 is 0 Å². The maximum absolute atomic E-state index is 14.4. The molecule has 10 heteroatoms. The van der Waals surface area contributed by atoms with Gasteiger partial charge in [0.25, 0.3) is 0 Å². The minimum absolute atomic E-state index is 0.0252. The fourth-order valence-electron chi connectivity index (χ4n) is 3.77. The van der Waals surface area contributed by atoms with E-state index in [1.807, 2.05) is 11.9 Å². The Morgan fingerprint density at radius 2 is 1.86 bits per heavy atom. The van der Waals surface area contributed by atoms with Gasteiger partial charge in [-0.2, -0.15) is 13.2 Å². The van der Waals surface area contributed by atoms with E-state index in [1.165, 1.54) is 30.5 Å². The van der Waals surface area contributed by atoms with Crippen molar-refractivity contribution in [3.63, 3.8) is 0 Å². The Kier molecular flexibility index (Phi) is 8.63. The number of carbonyl (C=O) groups is 1. The third-order valence-corrected chi connectivity index (χ3v) is 5.75. The summed E-state index contributed by atoms with van der Waals surface area (Å²) in [7, 11) is 3.56. The fourth-order valence-corrected chi connectivity index (χ4v) is 3.77. The largest absolute Gasteiger partial charge is 0.416 e. The quantitative estimate of drug-likeness (QED) is 0.426. The summed E-state index contributed by atoms with van der Waals surface area (Å²) in [5.41, 5.74) is 0.572. The zero-order chi connectivity index (χ0) is 25.6. The summed E-state index contributed by atoms with van der Waals surface area (Å²) in [5.74, 6) is -1.19. The Balaban J connectivity index is 1.64. The molecule has 0 bridgehead atoms.